The highest BCUT2D eigenvalue weighted by atomic mass is 16.1. The molecule has 0 radical (unpaired) electrons. The van der Waals surface area contributed by atoms with E-state index >= 15 is 0 Å². The smallest absolute Gasteiger partial charge is 0.163 e. The van der Waals surface area contributed by atoms with Gasteiger partial charge >= 0.3 is 0 Å². The van der Waals surface area contributed by atoms with Crippen LogP contribution in [0.25, 0.3) is 0 Å². The fourth-order valence-electron chi connectivity index (χ4n) is 1.34. The first-order valence-corrected chi connectivity index (χ1v) is 4.94. The van der Waals surface area contributed by atoms with Gasteiger partial charge in [-0.3, -0.25) is 4.79 Å². The molecule has 0 aliphatic heterocycles. The van der Waals surface area contributed by atoms with Crippen molar-refractivity contribution in [1.82, 2.24) is 0 Å². The molecule has 1 aromatic rings. The van der Waals surface area contributed by atoms with Gasteiger partial charge < -0.3 is 5.32 Å². The molecular weight excluding hydrogens is 174 g/mol. The number of rotatable bonds is 4. The third kappa shape index (κ3) is 2.87. The van der Waals surface area contributed by atoms with E-state index in [4.69, 9.17) is 0 Å². The lowest BCUT2D eigenvalue weighted by atomic mass is 10.0. The topological polar surface area (TPSA) is 29.1 Å². The van der Waals surface area contributed by atoms with Gasteiger partial charge in [-0.25, -0.2) is 0 Å². The van der Waals surface area contributed by atoms with Crippen molar-refractivity contribution in [3.63, 3.8) is 0 Å². The summed E-state index contributed by atoms with van der Waals surface area (Å²) < 4.78 is 0. The average Bonchev–Trinajstić information content (AvgIpc) is 2.17. The Balaban J connectivity index is 2.79. The molecule has 1 rings (SSSR count). The molecule has 2 nitrogen and oxygen atoms in total. The molecule has 0 amide bonds. The quantitative estimate of drug-likeness (QED) is 0.741. The van der Waals surface area contributed by atoms with Crippen LogP contribution in [0.4, 0.5) is 5.69 Å². The number of carbonyl (C=O) groups excluding carboxylic acids is 1. The zero-order valence-corrected chi connectivity index (χ0v) is 9.00. The van der Waals surface area contributed by atoms with E-state index in [1.165, 1.54) is 0 Å². The van der Waals surface area contributed by atoms with Gasteiger partial charge in [0.15, 0.2) is 5.78 Å². The van der Waals surface area contributed by atoms with Crippen LogP contribution in [-0.4, -0.2) is 12.8 Å². The minimum atomic E-state index is 0.220. The van der Waals surface area contributed by atoms with Crippen LogP contribution >= 0.6 is 0 Å². The first-order valence-electron chi connectivity index (χ1n) is 4.94. The van der Waals surface area contributed by atoms with Gasteiger partial charge in [-0.15, -0.1) is 0 Å². The molecule has 0 heterocycles. The third-order valence-corrected chi connectivity index (χ3v) is 2.07. The van der Waals surface area contributed by atoms with E-state index in [1.54, 1.807) is 0 Å². The van der Waals surface area contributed by atoms with Crippen molar-refractivity contribution in [3.8, 4) is 0 Å². The normalized spacial score (nSPS) is 10.3. The van der Waals surface area contributed by atoms with E-state index in [9.17, 15) is 4.79 Å². The summed E-state index contributed by atoms with van der Waals surface area (Å²) in [4.78, 5) is 11.7. The average molecular weight is 191 g/mol. The Labute approximate surface area is 85.3 Å². The SMILES string of the molecule is CNc1cccc(C(=O)CC(C)C)c1. The molecule has 0 saturated heterocycles. The van der Waals surface area contributed by atoms with Crippen LogP contribution in [0.3, 0.4) is 0 Å². The molecule has 0 aromatic heterocycles. The van der Waals surface area contributed by atoms with Crippen molar-refractivity contribution in [2.75, 3.05) is 12.4 Å². The van der Waals surface area contributed by atoms with Crippen molar-refractivity contribution in [1.29, 1.82) is 0 Å². The summed E-state index contributed by atoms with van der Waals surface area (Å²) in [6.07, 6.45) is 0.618. The minimum Gasteiger partial charge on any atom is -0.388 e. The summed E-state index contributed by atoms with van der Waals surface area (Å²) >= 11 is 0. The standard InChI is InChI=1S/C12H17NO/c1-9(2)7-12(14)10-5-4-6-11(8-10)13-3/h4-6,8-9,13H,7H2,1-3H3. The van der Waals surface area contributed by atoms with Gasteiger partial charge in [0, 0.05) is 24.7 Å². The van der Waals surface area contributed by atoms with Crippen LogP contribution in [0, 0.1) is 5.92 Å². The summed E-state index contributed by atoms with van der Waals surface area (Å²) in [6.45, 7) is 4.11. The van der Waals surface area contributed by atoms with E-state index in [1.807, 2.05) is 31.3 Å². The van der Waals surface area contributed by atoms with E-state index in [2.05, 4.69) is 19.2 Å². The fourth-order valence-corrected chi connectivity index (χ4v) is 1.34. The Morgan fingerprint density at radius 1 is 1.43 bits per heavy atom. The van der Waals surface area contributed by atoms with E-state index < -0.39 is 0 Å². The van der Waals surface area contributed by atoms with Crippen LogP contribution in [0.15, 0.2) is 24.3 Å². The number of Topliss-reactive ketones (excluding diaryl/α,β-unsaturated/α-hetero) is 1. The largest absolute Gasteiger partial charge is 0.388 e. The predicted octanol–water partition coefficient (Wildman–Crippen LogP) is 2.96. The maximum atomic E-state index is 11.7. The van der Waals surface area contributed by atoms with Gasteiger partial charge in [0.1, 0.15) is 0 Å². The van der Waals surface area contributed by atoms with Crippen molar-refractivity contribution in [2.24, 2.45) is 5.92 Å². The van der Waals surface area contributed by atoms with Crippen LogP contribution in [0.1, 0.15) is 30.6 Å². The summed E-state index contributed by atoms with van der Waals surface area (Å²) in [5, 5.41) is 3.02. The fraction of sp³-hybridized carbons (Fsp3) is 0.417. The van der Waals surface area contributed by atoms with E-state index in [0.717, 1.165) is 11.3 Å². The summed E-state index contributed by atoms with van der Waals surface area (Å²) in [7, 11) is 1.85. The molecule has 14 heavy (non-hydrogen) atoms. The Morgan fingerprint density at radius 2 is 2.14 bits per heavy atom. The van der Waals surface area contributed by atoms with Crippen LogP contribution in [0.5, 0.6) is 0 Å². The number of hydrogen-bond donors (Lipinski definition) is 1. The van der Waals surface area contributed by atoms with Gasteiger partial charge in [0.2, 0.25) is 0 Å². The Morgan fingerprint density at radius 3 is 2.71 bits per heavy atom. The van der Waals surface area contributed by atoms with Crippen LogP contribution in [-0.2, 0) is 0 Å². The molecule has 1 N–H and O–H groups in total. The first kappa shape index (κ1) is 10.8. The highest BCUT2D eigenvalue weighted by molar-refractivity contribution is 5.96. The van der Waals surface area contributed by atoms with Gasteiger partial charge in [0.05, 0.1) is 0 Å². The molecule has 0 aliphatic carbocycles. The molecule has 1 aromatic carbocycles. The Kier molecular flexibility index (Phi) is 3.69. The second kappa shape index (κ2) is 4.80. The molecular formula is C12H17NO. The Bertz CT molecular complexity index is 318. The molecule has 0 spiro atoms. The molecule has 0 saturated carbocycles. The van der Waals surface area contributed by atoms with Gasteiger partial charge in [-0.05, 0) is 18.1 Å². The molecule has 0 fully saturated rings. The monoisotopic (exact) mass is 191 g/mol. The number of benzene rings is 1. The summed E-state index contributed by atoms with van der Waals surface area (Å²) in [5.41, 5.74) is 1.78. The minimum absolute atomic E-state index is 0.220. The van der Waals surface area contributed by atoms with Gasteiger partial charge in [-0.1, -0.05) is 26.0 Å². The van der Waals surface area contributed by atoms with Crippen molar-refractivity contribution < 1.29 is 4.79 Å². The molecule has 76 valence electrons. The van der Waals surface area contributed by atoms with E-state index in [-0.39, 0.29) is 5.78 Å². The molecule has 0 bridgehead atoms. The zero-order valence-electron chi connectivity index (χ0n) is 9.00. The third-order valence-electron chi connectivity index (χ3n) is 2.07. The molecule has 0 aliphatic rings. The summed E-state index contributed by atoms with van der Waals surface area (Å²) in [5.74, 6) is 0.637. The lowest BCUT2D eigenvalue weighted by Gasteiger charge is -2.05. The molecule has 2 heteroatoms. The van der Waals surface area contributed by atoms with Crippen molar-refractivity contribution in [3.05, 3.63) is 29.8 Å². The first-order chi connectivity index (χ1) is 6.63. The number of carbonyl (C=O) groups is 1. The Hall–Kier alpha value is -1.31. The van der Waals surface area contributed by atoms with Crippen LogP contribution in [0.2, 0.25) is 0 Å². The number of hydrogen-bond acceptors (Lipinski definition) is 2. The number of anilines is 1. The molecule has 0 unspecified atom stereocenters. The maximum absolute atomic E-state index is 11.7. The van der Waals surface area contributed by atoms with E-state index in [0.29, 0.717) is 12.3 Å². The highest BCUT2D eigenvalue weighted by Gasteiger charge is 2.07. The number of ketones is 1. The van der Waals surface area contributed by atoms with Crippen molar-refractivity contribution in [2.45, 2.75) is 20.3 Å². The van der Waals surface area contributed by atoms with Gasteiger partial charge in [0.25, 0.3) is 0 Å². The highest BCUT2D eigenvalue weighted by Crippen LogP contribution is 2.13. The zero-order chi connectivity index (χ0) is 10.6. The lowest BCUT2D eigenvalue weighted by molar-refractivity contribution is 0.0968. The second-order valence-corrected chi connectivity index (χ2v) is 3.85. The van der Waals surface area contributed by atoms with Crippen LogP contribution < -0.4 is 5.32 Å². The second-order valence-electron chi connectivity index (χ2n) is 3.85. The van der Waals surface area contributed by atoms with Gasteiger partial charge in [-0.2, -0.15) is 0 Å². The lowest BCUT2D eigenvalue weighted by Crippen LogP contribution is -2.03. The molecule has 0 atom stereocenters. The number of nitrogens with one attached hydrogen (secondary N) is 1. The summed E-state index contributed by atoms with van der Waals surface area (Å²) in [6, 6.07) is 7.61. The maximum Gasteiger partial charge on any atom is 0.163 e. The predicted molar refractivity (Wildman–Crippen MR) is 59.8 cm³/mol. The van der Waals surface area contributed by atoms with Crippen molar-refractivity contribution >= 4 is 11.5 Å².